The van der Waals surface area contributed by atoms with Gasteiger partial charge in [-0.3, -0.25) is 14.2 Å². The van der Waals surface area contributed by atoms with Crippen LogP contribution in [-0.2, 0) is 7.05 Å². The summed E-state index contributed by atoms with van der Waals surface area (Å²) in [6.07, 6.45) is 4.24. The number of amides is 1. The molecule has 1 aliphatic heterocycles. The number of likely N-dealkylation sites (tertiary alicyclic amines) is 1. The van der Waals surface area contributed by atoms with E-state index in [4.69, 9.17) is 0 Å². The van der Waals surface area contributed by atoms with E-state index in [1.807, 2.05) is 7.05 Å². The molecule has 0 aliphatic carbocycles. The molecule has 0 bridgehead atoms. The third kappa shape index (κ3) is 3.98. The highest BCUT2D eigenvalue weighted by Crippen LogP contribution is 2.20. The highest BCUT2D eigenvalue weighted by Gasteiger charge is 2.25. The quantitative estimate of drug-likeness (QED) is 0.811. The molecule has 1 aliphatic rings. The second-order valence-corrected chi connectivity index (χ2v) is 5.50. The van der Waals surface area contributed by atoms with E-state index in [9.17, 15) is 14.4 Å². The van der Waals surface area contributed by atoms with E-state index in [-0.39, 0.29) is 23.9 Å². The van der Waals surface area contributed by atoms with Gasteiger partial charge in [-0.25, -0.2) is 4.79 Å². The Morgan fingerprint density at radius 1 is 1.36 bits per heavy atom. The van der Waals surface area contributed by atoms with Crippen molar-refractivity contribution in [1.82, 2.24) is 19.8 Å². The van der Waals surface area contributed by atoms with Gasteiger partial charge in [0.15, 0.2) is 0 Å². The lowest BCUT2D eigenvalue weighted by atomic mass is 9.93. The summed E-state index contributed by atoms with van der Waals surface area (Å²) in [4.78, 5) is 39.8. The summed E-state index contributed by atoms with van der Waals surface area (Å²) in [5.41, 5.74) is -1.02. The van der Waals surface area contributed by atoms with Gasteiger partial charge in [-0.1, -0.05) is 0 Å². The maximum atomic E-state index is 12.4. The van der Waals surface area contributed by atoms with Crippen molar-refractivity contribution >= 4 is 18.3 Å². The minimum atomic E-state index is -0.541. The number of hydrogen-bond acceptors (Lipinski definition) is 4. The number of hydrogen-bond donors (Lipinski definition) is 2. The van der Waals surface area contributed by atoms with Crippen LogP contribution in [0.4, 0.5) is 0 Å². The first-order valence-electron chi connectivity index (χ1n) is 7.27. The molecule has 0 atom stereocenters. The van der Waals surface area contributed by atoms with Gasteiger partial charge in [-0.15, -0.1) is 12.4 Å². The number of H-pyrrole nitrogens is 1. The fourth-order valence-corrected chi connectivity index (χ4v) is 2.66. The Balaban J connectivity index is 0.00000242. The molecule has 1 fully saturated rings. The highest BCUT2D eigenvalue weighted by atomic mass is 35.5. The lowest BCUT2D eigenvalue weighted by Crippen LogP contribution is -2.43. The molecule has 1 amide bonds. The first kappa shape index (κ1) is 18.4. The van der Waals surface area contributed by atoms with Gasteiger partial charge in [0.05, 0.1) is 0 Å². The van der Waals surface area contributed by atoms with Crippen molar-refractivity contribution in [3.8, 4) is 0 Å². The molecule has 0 radical (unpaired) electrons. The molecule has 1 aromatic heterocycles. The molecule has 0 aromatic carbocycles. The zero-order valence-corrected chi connectivity index (χ0v) is 13.7. The summed E-state index contributed by atoms with van der Waals surface area (Å²) >= 11 is 0. The minimum Gasteiger partial charge on any atom is -0.338 e. The van der Waals surface area contributed by atoms with Crippen LogP contribution in [0.1, 0.15) is 29.6 Å². The Bertz CT molecular complexity index is 617. The van der Waals surface area contributed by atoms with Gasteiger partial charge in [0.1, 0.15) is 5.56 Å². The summed E-state index contributed by atoms with van der Waals surface area (Å²) in [7, 11) is 3.30. The fraction of sp³-hybridized carbons (Fsp3) is 0.643. The molecule has 7 nitrogen and oxygen atoms in total. The topological polar surface area (TPSA) is 87.2 Å². The van der Waals surface area contributed by atoms with Gasteiger partial charge >= 0.3 is 5.69 Å². The summed E-state index contributed by atoms with van der Waals surface area (Å²) < 4.78 is 0.924. The third-order valence-electron chi connectivity index (χ3n) is 4.11. The Labute approximate surface area is 135 Å². The highest BCUT2D eigenvalue weighted by molar-refractivity contribution is 5.93. The number of piperidine rings is 1. The number of halogens is 1. The van der Waals surface area contributed by atoms with Crippen molar-refractivity contribution in [2.75, 3.05) is 26.7 Å². The summed E-state index contributed by atoms with van der Waals surface area (Å²) in [5, 5.41) is 3.14. The molecule has 2 N–H and O–H groups in total. The van der Waals surface area contributed by atoms with Crippen molar-refractivity contribution < 1.29 is 4.79 Å². The van der Waals surface area contributed by atoms with E-state index in [1.165, 1.54) is 13.2 Å². The third-order valence-corrected chi connectivity index (χ3v) is 4.11. The summed E-state index contributed by atoms with van der Waals surface area (Å²) in [6.45, 7) is 2.31. The zero-order valence-electron chi connectivity index (χ0n) is 12.9. The average Bonchev–Trinajstić information content (AvgIpc) is 2.51. The predicted octanol–water partition coefficient (Wildman–Crippen LogP) is -0.0429. The molecule has 0 spiro atoms. The Kier molecular flexibility index (Phi) is 6.83. The van der Waals surface area contributed by atoms with E-state index < -0.39 is 11.2 Å². The van der Waals surface area contributed by atoms with Gasteiger partial charge in [-0.2, -0.15) is 0 Å². The lowest BCUT2D eigenvalue weighted by molar-refractivity contribution is 0.0684. The molecule has 1 aromatic rings. The molecular formula is C14H23ClN4O3. The van der Waals surface area contributed by atoms with Gasteiger partial charge in [0, 0.05) is 26.3 Å². The molecular weight excluding hydrogens is 308 g/mol. The molecule has 2 heterocycles. The molecule has 124 valence electrons. The first-order valence-corrected chi connectivity index (χ1v) is 7.27. The second kappa shape index (κ2) is 8.14. The van der Waals surface area contributed by atoms with E-state index >= 15 is 0 Å². The van der Waals surface area contributed by atoms with Gasteiger partial charge in [-0.05, 0) is 38.8 Å². The van der Waals surface area contributed by atoms with Crippen LogP contribution < -0.4 is 16.6 Å². The second-order valence-electron chi connectivity index (χ2n) is 5.50. The van der Waals surface area contributed by atoms with E-state index in [0.29, 0.717) is 19.0 Å². The minimum absolute atomic E-state index is 0. The molecule has 8 heteroatoms. The molecule has 2 rings (SSSR count). The first-order chi connectivity index (χ1) is 10.0. The number of carbonyl (C=O) groups is 1. The van der Waals surface area contributed by atoms with Crippen LogP contribution in [0.5, 0.6) is 0 Å². The van der Waals surface area contributed by atoms with Crippen LogP contribution in [0.3, 0.4) is 0 Å². The van der Waals surface area contributed by atoms with E-state index in [1.54, 1.807) is 4.90 Å². The van der Waals surface area contributed by atoms with Crippen molar-refractivity contribution in [3.63, 3.8) is 0 Å². The van der Waals surface area contributed by atoms with Crippen LogP contribution in [0.25, 0.3) is 0 Å². The van der Waals surface area contributed by atoms with Crippen molar-refractivity contribution in [2.45, 2.75) is 19.3 Å². The molecule has 22 heavy (non-hydrogen) atoms. The SMILES string of the molecule is CNCCC1CCN(C(=O)c2c[nH]c(=O)n(C)c2=O)CC1.Cl. The van der Waals surface area contributed by atoms with Crippen molar-refractivity contribution in [1.29, 1.82) is 0 Å². The standard InChI is InChI=1S/C14H22N4O3.ClH/c1-15-6-3-10-4-7-18(8-5-10)13(20)11-9-16-14(21)17(2)12(11)19;/h9-10,15H,3-8H2,1-2H3,(H,16,21);1H. The fourth-order valence-electron chi connectivity index (χ4n) is 2.66. The monoisotopic (exact) mass is 330 g/mol. The van der Waals surface area contributed by atoms with Gasteiger partial charge in [0.2, 0.25) is 0 Å². The Hall–Kier alpha value is -1.60. The van der Waals surface area contributed by atoms with E-state index in [2.05, 4.69) is 10.3 Å². The number of nitrogens with one attached hydrogen (secondary N) is 2. The van der Waals surface area contributed by atoms with Crippen LogP contribution in [0.2, 0.25) is 0 Å². The molecule has 0 saturated carbocycles. The van der Waals surface area contributed by atoms with Crippen LogP contribution in [0, 0.1) is 5.92 Å². The number of aromatic nitrogens is 2. The largest absolute Gasteiger partial charge is 0.338 e. The number of rotatable bonds is 4. The smallest absolute Gasteiger partial charge is 0.328 e. The van der Waals surface area contributed by atoms with Crippen LogP contribution in [0.15, 0.2) is 15.8 Å². The van der Waals surface area contributed by atoms with Crippen molar-refractivity contribution in [3.05, 3.63) is 32.6 Å². The summed E-state index contributed by atoms with van der Waals surface area (Å²) in [5.74, 6) is 0.332. The lowest BCUT2D eigenvalue weighted by Gasteiger charge is -2.31. The maximum Gasteiger partial charge on any atom is 0.328 e. The van der Waals surface area contributed by atoms with Gasteiger partial charge < -0.3 is 15.2 Å². The zero-order chi connectivity index (χ0) is 15.4. The van der Waals surface area contributed by atoms with Gasteiger partial charge in [0.25, 0.3) is 11.5 Å². The van der Waals surface area contributed by atoms with Crippen LogP contribution in [-0.4, -0.2) is 47.0 Å². The summed E-state index contributed by atoms with van der Waals surface area (Å²) in [6, 6.07) is 0. The number of aromatic amines is 1. The van der Waals surface area contributed by atoms with Crippen LogP contribution >= 0.6 is 12.4 Å². The Morgan fingerprint density at radius 2 is 2.00 bits per heavy atom. The molecule has 0 unspecified atom stereocenters. The average molecular weight is 331 g/mol. The Morgan fingerprint density at radius 3 is 2.59 bits per heavy atom. The maximum absolute atomic E-state index is 12.4. The van der Waals surface area contributed by atoms with E-state index in [0.717, 1.165) is 30.4 Å². The molecule has 1 saturated heterocycles. The number of carbonyl (C=O) groups excluding carboxylic acids is 1. The normalized spacial score (nSPS) is 15.5. The number of nitrogens with zero attached hydrogens (tertiary/aromatic N) is 2. The van der Waals surface area contributed by atoms with Crippen molar-refractivity contribution in [2.24, 2.45) is 13.0 Å². The predicted molar refractivity (Wildman–Crippen MR) is 86.7 cm³/mol.